The third-order valence-electron chi connectivity index (χ3n) is 4.31. The maximum Gasteiger partial charge on any atom is 0.189 e. The van der Waals surface area contributed by atoms with Crippen LogP contribution in [0, 0.1) is 11.7 Å². The van der Waals surface area contributed by atoms with E-state index in [1.54, 1.807) is 6.07 Å². The molecular weight excluding hydrogens is 285 g/mol. The summed E-state index contributed by atoms with van der Waals surface area (Å²) in [6.07, 6.45) is 0.700. The molecule has 1 aliphatic rings. The minimum atomic E-state index is -0.414. The third kappa shape index (κ3) is 3.04. The summed E-state index contributed by atoms with van der Waals surface area (Å²) >= 11 is 0. The molecule has 1 aromatic carbocycles. The number of fused-ring (bicyclic) bond motifs is 1. The van der Waals surface area contributed by atoms with Gasteiger partial charge in [-0.1, -0.05) is 0 Å². The van der Waals surface area contributed by atoms with Crippen molar-refractivity contribution in [1.29, 1.82) is 0 Å². The van der Waals surface area contributed by atoms with Gasteiger partial charge in [0.1, 0.15) is 5.82 Å². The molecule has 2 aromatic rings. The molecule has 0 bridgehead atoms. The van der Waals surface area contributed by atoms with Gasteiger partial charge in [0.05, 0.1) is 0 Å². The molecule has 1 fully saturated rings. The van der Waals surface area contributed by atoms with Crippen LogP contribution in [-0.4, -0.2) is 40.7 Å². The fraction of sp³-hybridized carbons (Fsp3) is 0.438. The molecule has 0 radical (unpaired) electrons. The van der Waals surface area contributed by atoms with E-state index in [4.69, 9.17) is 10.8 Å². The van der Waals surface area contributed by atoms with E-state index >= 15 is 0 Å². The van der Waals surface area contributed by atoms with E-state index in [9.17, 15) is 9.18 Å². The van der Waals surface area contributed by atoms with Crippen LogP contribution in [0.1, 0.15) is 12.1 Å². The van der Waals surface area contributed by atoms with Crippen LogP contribution in [0.15, 0.2) is 29.1 Å². The maximum atomic E-state index is 13.2. The van der Waals surface area contributed by atoms with Gasteiger partial charge in [0.2, 0.25) is 0 Å². The van der Waals surface area contributed by atoms with Gasteiger partial charge in [0, 0.05) is 54.9 Å². The predicted molar refractivity (Wildman–Crippen MR) is 83.0 cm³/mol. The molecule has 5 nitrogen and oxygen atoms in total. The van der Waals surface area contributed by atoms with Crippen molar-refractivity contribution < 1.29 is 9.50 Å². The van der Waals surface area contributed by atoms with Crippen LogP contribution in [0.5, 0.6) is 0 Å². The molecule has 0 unspecified atom stereocenters. The largest absolute Gasteiger partial charge is 0.396 e. The van der Waals surface area contributed by atoms with Crippen LogP contribution < -0.4 is 11.2 Å². The van der Waals surface area contributed by atoms with Crippen molar-refractivity contribution in [1.82, 2.24) is 9.88 Å². The van der Waals surface area contributed by atoms with Crippen LogP contribution in [0.25, 0.3) is 10.9 Å². The zero-order valence-corrected chi connectivity index (χ0v) is 12.3. The highest BCUT2D eigenvalue weighted by molar-refractivity contribution is 5.78. The lowest BCUT2D eigenvalue weighted by molar-refractivity contribution is 0.246. The number of nitrogens with one attached hydrogen (secondary N) is 1. The Bertz CT molecular complexity index is 731. The number of aliphatic hydroxyl groups excluding tert-OH is 1. The second kappa shape index (κ2) is 6.16. The van der Waals surface area contributed by atoms with Crippen molar-refractivity contribution >= 4 is 10.9 Å². The first-order valence-corrected chi connectivity index (χ1v) is 7.47. The standard InChI is InChI=1S/C16H20FN3O2/c17-11-1-2-15-13(5-11)16(22)6-12(19-15)8-20-7-10(3-4-21)14(18)9-20/h1-2,5-6,10,14,21H,3-4,7-9,18H2,(H,19,22)/t10-,14-/m1/s1. The number of hydrogen-bond donors (Lipinski definition) is 3. The summed E-state index contributed by atoms with van der Waals surface area (Å²) in [4.78, 5) is 17.5. The van der Waals surface area contributed by atoms with E-state index in [0.717, 1.165) is 18.8 Å². The topological polar surface area (TPSA) is 82.3 Å². The van der Waals surface area contributed by atoms with Crippen LogP contribution >= 0.6 is 0 Å². The molecule has 0 aliphatic carbocycles. The molecule has 0 spiro atoms. The molecule has 6 heteroatoms. The number of hydrogen-bond acceptors (Lipinski definition) is 4. The number of halogens is 1. The van der Waals surface area contributed by atoms with Crippen LogP contribution in [-0.2, 0) is 6.54 Å². The Kier molecular flexibility index (Phi) is 4.24. The van der Waals surface area contributed by atoms with E-state index in [1.165, 1.54) is 18.2 Å². The summed E-state index contributed by atoms with van der Waals surface area (Å²) < 4.78 is 13.2. The average Bonchev–Trinajstić information content (AvgIpc) is 2.80. The lowest BCUT2D eigenvalue weighted by Gasteiger charge is -2.15. The second-order valence-corrected chi connectivity index (χ2v) is 5.98. The molecule has 2 atom stereocenters. The highest BCUT2D eigenvalue weighted by Crippen LogP contribution is 2.20. The van der Waals surface area contributed by atoms with Crippen molar-refractivity contribution in [3.63, 3.8) is 0 Å². The number of likely N-dealkylation sites (tertiary alicyclic amines) is 1. The zero-order chi connectivity index (χ0) is 15.7. The zero-order valence-electron chi connectivity index (χ0n) is 12.3. The first kappa shape index (κ1) is 15.1. The quantitative estimate of drug-likeness (QED) is 0.780. The summed E-state index contributed by atoms with van der Waals surface area (Å²) in [7, 11) is 0. The maximum absolute atomic E-state index is 13.2. The fourth-order valence-corrected chi connectivity index (χ4v) is 3.19. The summed E-state index contributed by atoms with van der Waals surface area (Å²) in [5.74, 6) is -0.130. The van der Waals surface area contributed by atoms with E-state index in [-0.39, 0.29) is 24.0 Å². The van der Waals surface area contributed by atoms with Gasteiger partial charge in [-0.2, -0.15) is 0 Å². The molecule has 1 aromatic heterocycles. The molecule has 2 heterocycles. The molecule has 22 heavy (non-hydrogen) atoms. The predicted octanol–water partition coefficient (Wildman–Crippen LogP) is 0.809. The number of benzene rings is 1. The van der Waals surface area contributed by atoms with Gasteiger partial charge in [-0.25, -0.2) is 4.39 Å². The van der Waals surface area contributed by atoms with Gasteiger partial charge in [-0.05, 0) is 30.5 Å². The monoisotopic (exact) mass is 305 g/mol. The van der Waals surface area contributed by atoms with Gasteiger partial charge in [0.25, 0.3) is 0 Å². The summed E-state index contributed by atoms with van der Waals surface area (Å²) in [6.45, 7) is 2.29. The van der Waals surface area contributed by atoms with Gasteiger partial charge in [-0.15, -0.1) is 0 Å². The van der Waals surface area contributed by atoms with Crippen LogP contribution in [0.4, 0.5) is 4.39 Å². The Hall–Kier alpha value is -1.76. The third-order valence-corrected chi connectivity index (χ3v) is 4.31. The number of H-pyrrole nitrogens is 1. The Morgan fingerprint density at radius 1 is 1.36 bits per heavy atom. The smallest absolute Gasteiger partial charge is 0.189 e. The van der Waals surface area contributed by atoms with Crippen molar-refractivity contribution in [2.45, 2.75) is 19.0 Å². The normalized spacial score (nSPS) is 22.5. The number of rotatable bonds is 4. The van der Waals surface area contributed by atoms with Gasteiger partial charge < -0.3 is 15.8 Å². The molecule has 0 amide bonds. The summed E-state index contributed by atoms with van der Waals surface area (Å²) in [6, 6.07) is 5.74. The first-order valence-electron chi connectivity index (χ1n) is 7.47. The Morgan fingerprint density at radius 2 is 2.18 bits per heavy atom. The Labute approximate surface area is 127 Å². The number of aliphatic hydroxyl groups is 1. The molecule has 3 rings (SSSR count). The fourth-order valence-electron chi connectivity index (χ4n) is 3.19. The number of nitrogens with two attached hydrogens (primary N) is 1. The lowest BCUT2D eigenvalue weighted by Crippen LogP contribution is -2.30. The number of nitrogens with zero attached hydrogens (tertiary/aromatic N) is 1. The Morgan fingerprint density at radius 3 is 2.95 bits per heavy atom. The number of aromatic amines is 1. The highest BCUT2D eigenvalue weighted by Gasteiger charge is 2.29. The van der Waals surface area contributed by atoms with E-state index in [2.05, 4.69) is 9.88 Å². The van der Waals surface area contributed by atoms with Gasteiger partial charge >= 0.3 is 0 Å². The minimum absolute atomic E-state index is 0.0495. The van der Waals surface area contributed by atoms with Crippen molar-refractivity contribution in [2.75, 3.05) is 19.7 Å². The minimum Gasteiger partial charge on any atom is -0.396 e. The number of pyridine rings is 1. The van der Waals surface area contributed by atoms with Gasteiger partial charge in [0.15, 0.2) is 5.43 Å². The SMILES string of the molecule is N[C@@H]1CN(Cc2cc(=O)c3cc(F)ccc3[nH]2)C[C@H]1CCO. The van der Waals surface area contributed by atoms with Crippen LogP contribution in [0.2, 0.25) is 0 Å². The highest BCUT2D eigenvalue weighted by atomic mass is 19.1. The van der Waals surface area contributed by atoms with E-state index in [1.807, 2.05) is 0 Å². The lowest BCUT2D eigenvalue weighted by atomic mass is 10.0. The number of aromatic nitrogens is 1. The van der Waals surface area contributed by atoms with Crippen molar-refractivity contribution in [3.8, 4) is 0 Å². The molecule has 1 saturated heterocycles. The average molecular weight is 305 g/mol. The molecule has 118 valence electrons. The van der Waals surface area contributed by atoms with Crippen molar-refractivity contribution in [2.24, 2.45) is 11.7 Å². The van der Waals surface area contributed by atoms with Crippen molar-refractivity contribution in [3.05, 3.63) is 46.0 Å². The summed E-state index contributed by atoms with van der Waals surface area (Å²) in [5, 5.41) is 9.41. The molecular formula is C16H20FN3O2. The molecule has 4 N–H and O–H groups in total. The second-order valence-electron chi connectivity index (χ2n) is 5.98. The van der Waals surface area contributed by atoms with E-state index in [0.29, 0.717) is 23.9 Å². The van der Waals surface area contributed by atoms with E-state index < -0.39 is 5.82 Å². The molecule has 0 saturated carbocycles. The van der Waals surface area contributed by atoms with Crippen LogP contribution in [0.3, 0.4) is 0 Å². The molecule has 1 aliphatic heterocycles. The Balaban J connectivity index is 1.80. The first-order chi connectivity index (χ1) is 10.6. The van der Waals surface area contributed by atoms with Gasteiger partial charge in [-0.3, -0.25) is 9.69 Å². The summed E-state index contributed by atoms with van der Waals surface area (Å²) in [5.41, 5.74) is 7.33.